The van der Waals surface area contributed by atoms with Gasteiger partial charge >= 0.3 is 0 Å². The van der Waals surface area contributed by atoms with E-state index >= 15 is 0 Å². The molecule has 1 atom stereocenters. The van der Waals surface area contributed by atoms with Crippen molar-refractivity contribution in [3.63, 3.8) is 0 Å². The predicted octanol–water partition coefficient (Wildman–Crippen LogP) is 4.38. The molecule has 6 heteroatoms. The van der Waals surface area contributed by atoms with Crippen LogP contribution < -0.4 is 4.74 Å². The van der Waals surface area contributed by atoms with Crippen LogP contribution in [-0.2, 0) is 0 Å². The van der Waals surface area contributed by atoms with E-state index in [1.807, 2.05) is 0 Å². The number of carbonyl (C=O) groups is 1. The monoisotopic (exact) mass is 365 g/mol. The van der Waals surface area contributed by atoms with Gasteiger partial charge in [-0.05, 0) is 24.3 Å². The van der Waals surface area contributed by atoms with Crippen LogP contribution in [0.15, 0.2) is 41.4 Å². The summed E-state index contributed by atoms with van der Waals surface area (Å²) in [6.45, 7) is 0.391. The number of rotatable bonds is 3. The molecule has 0 radical (unpaired) electrons. The summed E-state index contributed by atoms with van der Waals surface area (Å²) in [4.78, 5) is 15.7. The molecule has 0 aromatic heterocycles. The summed E-state index contributed by atoms with van der Waals surface area (Å²) in [5, 5.41) is 0. The number of fused-ring (bicyclic) bond motifs is 1. The lowest BCUT2D eigenvalue weighted by molar-refractivity contribution is 0.0990. The fraction of sp³-hybridized carbons (Fsp3) is 0.125. The number of hydrogen-bond donors (Lipinski definition) is 0. The van der Waals surface area contributed by atoms with Crippen molar-refractivity contribution in [3.05, 3.63) is 59.2 Å². The van der Waals surface area contributed by atoms with Crippen LogP contribution in [0, 0.1) is 11.6 Å². The molecule has 2 aromatic carbocycles. The lowest BCUT2D eigenvalue weighted by Crippen LogP contribution is -2.10. The number of nitrogens with zero attached hydrogens (tertiary/aromatic N) is 1. The van der Waals surface area contributed by atoms with E-state index < -0.39 is 16.5 Å². The van der Waals surface area contributed by atoms with Gasteiger partial charge in [-0.25, -0.2) is 8.78 Å². The zero-order valence-corrected chi connectivity index (χ0v) is 12.8. The standard InChI is InChI=1S/C16H10BrF2NO2/c17-15(11-3-2-10(18)8-12(11)19)16(21)9-1-4-14-13(7-9)20-5-6-22-14/h1-5,7-8,15H,6H2. The molecule has 0 aliphatic carbocycles. The number of halogens is 3. The van der Waals surface area contributed by atoms with Crippen molar-refractivity contribution in [1.29, 1.82) is 0 Å². The third kappa shape index (κ3) is 2.78. The Balaban J connectivity index is 1.92. The number of hydrogen-bond acceptors (Lipinski definition) is 3. The first-order valence-electron chi connectivity index (χ1n) is 6.49. The second-order valence-corrected chi connectivity index (χ2v) is 5.61. The maximum Gasteiger partial charge on any atom is 0.181 e. The third-order valence-electron chi connectivity index (χ3n) is 3.25. The maximum absolute atomic E-state index is 13.8. The van der Waals surface area contributed by atoms with Crippen LogP contribution in [0.4, 0.5) is 14.5 Å². The summed E-state index contributed by atoms with van der Waals surface area (Å²) >= 11 is 3.18. The van der Waals surface area contributed by atoms with Crippen molar-refractivity contribution in [1.82, 2.24) is 0 Å². The van der Waals surface area contributed by atoms with Gasteiger partial charge in [-0.2, -0.15) is 0 Å². The number of Topliss-reactive ketones (excluding diaryl/α,β-unsaturated/α-hetero) is 1. The van der Waals surface area contributed by atoms with Crippen molar-refractivity contribution < 1.29 is 18.3 Å². The van der Waals surface area contributed by atoms with Crippen molar-refractivity contribution >= 4 is 33.6 Å². The Hall–Kier alpha value is -2.08. The van der Waals surface area contributed by atoms with E-state index in [4.69, 9.17) is 4.74 Å². The van der Waals surface area contributed by atoms with Gasteiger partial charge in [0.05, 0.1) is 0 Å². The van der Waals surface area contributed by atoms with Gasteiger partial charge in [-0.3, -0.25) is 9.79 Å². The number of ether oxygens (including phenoxy) is 1. The highest BCUT2D eigenvalue weighted by Gasteiger charge is 2.23. The Bertz CT molecular complexity index is 777. The van der Waals surface area contributed by atoms with E-state index in [-0.39, 0.29) is 11.3 Å². The fourth-order valence-electron chi connectivity index (χ4n) is 2.15. The molecule has 22 heavy (non-hydrogen) atoms. The molecule has 0 fully saturated rings. The fourth-order valence-corrected chi connectivity index (χ4v) is 2.79. The summed E-state index contributed by atoms with van der Waals surface area (Å²) in [6.07, 6.45) is 1.60. The highest BCUT2D eigenvalue weighted by Crippen LogP contribution is 2.34. The van der Waals surface area contributed by atoms with E-state index in [9.17, 15) is 13.6 Å². The Morgan fingerprint density at radius 3 is 2.82 bits per heavy atom. The molecule has 2 aromatic rings. The number of carbonyl (C=O) groups excluding carboxylic acids is 1. The van der Waals surface area contributed by atoms with Crippen LogP contribution in [-0.4, -0.2) is 18.6 Å². The Kier molecular flexibility index (Phi) is 4.02. The molecule has 3 rings (SSSR count). The third-order valence-corrected chi connectivity index (χ3v) is 4.16. The average molecular weight is 366 g/mol. The zero-order chi connectivity index (χ0) is 15.7. The van der Waals surface area contributed by atoms with Gasteiger partial charge in [0.25, 0.3) is 0 Å². The van der Waals surface area contributed by atoms with Crippen molar-refractivity contribution in [2.75, 3.05) is 6.61 Å². The Morgan fingerprint density at radius 2 is 2.05 bits per heavy atom. The van der Waals surface area contributed by atoms with Gasteiger partial charge in [0.1, 0.15) is 34.5 Å². The molecule has 0 saturated heterocycles. The number of aliphatic imine (C=N–C) groups is 1. The normalized spacial score (nSPS) is 14.1. The van der Waals surface area contributed by atoms with Gasteiger partial charge in [-0.1, -0.05) is 22.0 Å². The van der Waals surface area contributed by atoms with Gasteiger partial charge < -0.3 is 4.74 Å². The Labute approximate surface area is 133 Å². The second kappa shape index (κ2) is 5.96. The Morgan fingerprint density at radius 1 is 1.23 bits per heavy atom. The van der Waals surface area contributed by atoms with Crippen molar-refractivity contribution in [3.8, 4) is 5.75 Å². The molecule has 1 unspecified atom stereocenters. The SMILES string of the molecule is O=C(c1ccc2c(c1)N=CCO2)C(Br)c1ccc(F)cc1F. The van der Waals surface area contributed by atoms with E-state index in [2.05, 4.69) is 20.9 Å². The molecule has 3 nitrogen and oxygen atoms in total. The van der Waals surface area contributed by atoms with Crippen molar-refractivity contribution in [2.45, 2.75) is 4.83 Å². The topological polar surface area (TPSA) is 38.7 Å². The van der Waals surface area contributed by atoms with Crippen LogP contribution in [0.2, 0.25) is 0 Å². The molecular weight excluding hydrogens is 356 g/mol. The van der Waals surface area contributed by atoms with Crippen LogP contribution in [0.1, 0.15) is 20.7 Å². The first-order valence-corrected chi connectivity index (χ1v) is 7.40. The van der Waals surface area contributed by atoms with Gasteiger partial charge in [0, 0.05) is 23.4 Å². The molecule has 112 valence electrons. The van der Waals surface area contributed by atoms with Crippen LogP contribution >= 0.6 is 15.9 Å². The van der Waals surface area contributed by atoms with Crippen molar-refractivity contribution in [2.24, 2.45) is 4.99 Å². The molecule has 0 spiro atoms. The van der Waals surface area contributed by atoms with Gasteiger partial charge in [0.2, 0.25) is 0 Å². The first-order chi connectivity index (χ1) is 10.6. The molecule has 0 N–H and O–H groups in total. The van der Waals surface area contributed by atoms with E-state index in [0.29, 0.717) is 23.6 Å². The minimum atomic E-state index is -0.903. The molecule has 1 aliphatic heterocycles. The molecule has 0 bridgehead atoms. The summed E-state index contributed by atoms with van der Waals surface area (Å²) in [5.74, 6) is -1.20. The van der Waals surface area contributed by atoms with E-state index in [1.165, 1.54) is 6.07 Å². The van der Waals surface area contributed by atoms with Crippen LogP contribution in [0.25, 0.3) is 0 Å². The van der Waals surface area contributed by atoms with Crippen LogP contribution in [0.3, 0.4) is 0 Å². The highest BCUT2D eigenvalue weighted by molar-refractivity contribution is 9.09. The minimum Gasteiger partial charge on any atom is -0.486 e. The lowest BCUT2D eigenvalue weighted by atomic mass is 10.0. The molecule has 0 amide bonds. The number of benzene rings is 2. The summed E-state index contributed by atoms with van der Waals surface area (Å²) in [6, 6.07) is 7.95. The summed E-state index contributed by atoms with van der Waals surface area (Å²) in [7, 11) is 0. The van der Waals surface area contributed by atoms with E-state index in [0.717, 1.165) is 12.1 Å². The number of ketones is 1. The minimum absolute atomic E-state index is 0.0869. The molecule has 1 heterocycles. The first kappa shape index (κ1) is 14.8. The highest BCUT2D eigenvalue weighted by atomic mass is 79.9. The molecule has 0 saturated carbocycles. The van der Waals surface area contributed by atoms with Crippen LogP contribution in [0.5, 0.6) is 5.75 Å². The maximum atomic E-state index is 13.8. The van der Waals surface area contributed by atoms with Gasteiger partial charge in [0.15, 0.2) is 5.78 Å². The molecule has 1 aliphatic rings. The molecular formula is C16H10BrF2NO2. The smallest absolute Gasteiger partial charge is 0.181 e. The average Bonchev–Trinajstić information content (AvgIpc) is 2.53. The largest absolute Gasteiger partial charge is 0.486 e. The lowest BCUT2D eigenvalue weighted by Gasteiger charge is -2.14. The predicted molar refractivity (Wildman–Crippen MR) is 82.4 cm³/mol. The second-order valence-electron chi connectivity index (χ2n) is 4.70. The summed E-state index contributed by atoms with van der Waals surface area (Å²) < 4.78 is 32.1. The quantitative estimate of drug-likeness (QED) is 0.598. The number of alkyl halides is 1. The van der Waals surface area contributed by atoms with E-state index in [1.54, 1.807) is 24.4 Å². The summed E-state index contributed by atoms with van der Waals surface area (Å²) in [5.41, 5.74) is 1.01. The van der Waals surface area contributed by atoms with Gasteiger partial charge in [-0.15, -0.1) is 0 Å². The zero-order valence-electron chi connectivity index (χ0n) is 11.2.